The van der Waals surface area contributed by atoms with Gasteiger partial charge in [0.2, 0.25) is 0 Å². The first kappa shape index (κ1) is 11.4. The highest BCUT2D eigenvalue weighted by Gasteiger charge is 2.20. The van der Waals surface area contributed by atoms with E-state index < -0.39 is 0 Å². The van der Waals surface area contributed by atoms with Crippen molar-refractivity contribution in [3.63, 3.8) is 0 Å². The van der Waals surface area contributed by atoms with Crippen molar-refractivity contribution in [3.8, 4) is 0 Å². The van der Waals surface area contributed by atoms with Gasteiger partial charge in [-0.15, -0.1) is 0 Å². The lowest BCUT2D eigenvalue weighted by Crippen LogP contribution is -2.07. The summed E-state index contributed by atoms with van der Waals surface area (Å²) in [6.45, 7) is 5.94. The third-order valence-corrected chi connectivity index (χ3v) is 2.57. The number of ether oxygens (including phenoxy) is 1. The van der Waals surface area contributed by atoms with Crippen molar-refractivity contribution >= 4 is 5.78 Å². The van der Waals surface area contributed by atoms with Crippen LogP contribution < -0.4 is 0 Å². The normalized spacial score (nSPS) is 27.7. The van der Waals surface area contributed by atoms with Crippen LogP contribution in [0.1, 0.15) is 40.0 Å². The Morgan fingerprint density at radius 1 is 1.50 bits per heavy atom. The first-order valence-corrected chi connectivity index (χ1v) is 5.45. The van der Waals surface area contributed by atoms with E-state index in [2.05, 4.69) is 6.92 Å². The predicted octanol–water partition coefficient (Wildman–Crippen LogP) is 2.73. The molecule has 1 heterocycles. The number of ketones is 1. The van der Waals surface area contributed by atoms with E-state index in [1.54, 1.807) is 6.08 Å². The summed E-state index contributed by atoms with van der Waals surface area (Å²) in [6, 6.07) is 0. The van der Waals surface area contributed by atoms with Crippen molar-refractivity contribution < 1.29 is 9.53 Å². The molecule has 14 heavy (non-hydrogen) atoms. The number of rotatable bonds is 4. The maximum absolute atomic E-state index is 11.3. The molecule has 0 amide bonds. The molecule has 2 nitrogen and oxygen atoms in total. The Kier molecular flexibility index (Phi) is 4.33. The molecule has 2 atom stereocenters. The lowest BCUT2D eigenvalue weighted by Gasteiger charge is -2.07. The summed E-state index contributed by atoms with van der Waals surface area (Å²) >= 11 is 0. The van der Waals surface area contributed by atoms with Crippen LogP contribution in [-0.4, -0.2) is 18.0 Å². The van der Waals surface area contributed by atoms with Gasteiger partial charge in [-0.25, -0.2) is 0 Å². The van der Waals surface area contributed by atoms with Crippen molar-refractivity contribution in [2.75, 3.05) is 0 Å². The zero-order valence-electron chi connectivity index (χ0n) is 9.32. The Bertz CT molecular complexity index is 218. The van der Waals surface area contributed by atoms with E-state index in [1.807, 2.05) is 19.9 Å². The lowest BCUT2D eigenvalue weighted by molar-refractivity contribution is -0.117. The topological polar surface area (TPSA) is 26.3 Å². The molecule has 1 fully saturated rings. The number of allylic oxidation sites excluding steroid dienone is 1. The van der Waals surface area contributed by atoms with Crippen LogP contribution in [0.5, 0.6) is 0 Å². The van der Waals surface area contributed by atoms with Gasteiger partial charge < -0.3 is 4.74 Å². The number of hydrogen-bond donors (Lipinski definition) is 0. The quantitative estimate of drug-likeness (QED) is 0.646. The fourth-order valence-corrected chi connectivity index (χ4v) is 1.59. The molecule has 0 aromatic carbocycles. The molecule has 1 aliphatic heterocycles. The largest absolute Gasteiger partial charge is 0.375 e. The van der Waals surface area contributed by atoms with Crippen LogP contribution in [0.2, 0.25) is 0 Å². The standard InChI is InChI=1S/C12H20O2/c1-9(2)12(13)6-4-5-11-8-7-10(3)14-11/h4,6,9-11H,5,7-8H2,1-3H3/b6-4-/t10-,11+/m0/s1. The molecule has 0 radical (unpaired) electrons. The van der Waals surface area contributed by atoms with Gasteiger partial charge in [-0.1, -0.05) is 19.9 Å². The van der Waals surface area contributed by atoms with E-state index in [0.717, 1.165) is 19.3 Å². The highest BCUT2D eigenvalue weighted by Crippen LogP contribution is 2.21. The van der Waals surface area contributed by atoms with Gasteiger partial charge in [0.1, 0.15) is 0 Å². The monoisotopic (exact) mass is 196 g/mol. The molecule has 1 aliphatic rings. The van der Waals surface area contributed by atoms with Crippen LogP contribution in [0.3, 0.4) is 0 Å². The van der Waals surface area contributed by atoms with Gasteiger partial charge in [0.15, 0.2) is 5.78 Å². The summed E-state index contributed by atoms with van der Waals surface area (Å²) in [4.78, 5) is 11.3. The summed E-state index contributed by atoms with van der Waals surface area (Å²) in [5.74, 6) is 0.311. The van der Waals surface area contributed by atoms with Gasteiger partial charge in [-0.3, -0.25) is 4.79 Å². The van der Waals surface area contributed by atoms with Crippen LogP contribution in [0, 0.1) is 5.92 Å². The van der Waals surface area contributed by atoms with E-state index in [-0.39, 0.29) is 11.7 Å². The molecule has 0 aromatic heterocycles. The number of carbonyl (C=O) groups is 1. The maximum Gasteiger partial charge on any atom is 0.157 e. The number of hydrogen-bond acceptors (Lipinski definition) is 2. The lowest BCUT2D eigenvalue weighted by atomic mass is 10.1. The molecule has 0 spiro atoms. The van der Waals surface area contributed by atoms with Crippen LogP contribution in [0.4, 0.5) is 0 Å². The van der Waals surface area contributed by atoms with Gasteiger partial charge in [-0.2, -0.15) is 0 Å². The maximum atomic E-state index is 11.3. The molecular weight excluding hydrogens is 176 g/mol. The van der Waals surface area contributed by atoms with E-state index in [9.17, 15) is 4.79 Å². The minimum absolute atomic E-state index is 0.106. The molecule has 0 saturated carbocycles. The van der Waals surface area contributed by atoms with Crippen molar-refractivity contribution in [1.82, 2.24) is 0 Å². The molecule has 0 N–H and O–H groups in total. The third-order valence-electron chi connectivity index (χ3n) is 2.57. The van der Waals surface area contributed by atoms with Crippen molar-refractivity contribution in [2.24, 2.45) is 5.92 Å². The fourth-order valence-electron chi connectivity index (χ4n) is 1.59. The van der Waals surface area contributed by atoms with E-state index in [4.69, 9.17) is 4.74 Å². The zero-order chi connectivity index (χ0) is 10.6. The van der Waals surface area contributed by atoms with Crippen LogP contribution in [0.25, 0.3) is 0 Å². The van der Waals surface area contributed by atoms with Gasteiger partial charge >= 0.3 is 0 Å². The molecule has 2 heteroatoms. The van der Waals surface area contributed by atoms with E-state index >= 15 is 0 Å². The third kappa shape index (κ3) is 3.62. The van der Waals surface area contributed by atoms with E-state index in [0.29, 0.717) is 12.2 Å². The van der Waals surface area contributed by atoms with Gasteiger partial charge in [0.25, 0.3) is 0 Å². The Morgan fingerprint density at radius 3 is 2.71 bits per heavy atom. The summed E-state index contributed by atoms with van der Waals surface area (Å²) in [5, 5.41) is 0. The zero-order valence-corrected chi connectivity index (χ0v) is 9.32. The van der Waals surface area contributed by atoms with Crippen LogP contribution >= 0.6 is 0 Å². The molecule has 0 aromatic rings. The minimum atomic E-state index is 0.106. The summed E-state index contributed by atoms with van der Waals surface area (Å²) in [7, 11) is 0. The highest BCUT2D eigenvalue weighted by molar-refractivity contribution is 5.91. The van der Waals surface area contributed by atoms with Gasteiger partial charge in [-0.05, 0) is 32.3 Å². The average Bonchev–Trinajstić information content (AvgIpc) is 2.51. The molecule has 0 bridgehead atoms. The van der Waals surface area contributed by atoms with Crippen molar-refractivity contribution in [2.45, 2.75) is 52.2 Å². The van der Waals surface area contributed by atoms with Gasteiger partial charge in [0, 0.05) is 5.92 Å². The molecular formula is C12H20O2. The Hall–Kier alpha value is -0.630. The Morgan fingerprint density at radius 2 is 2.21 bits per heavy atom. The Labute approximate surface area is 86.3 Å². The van der Waals surface area contributed by atoms with Crippen molar-refractivity contribution in [1.29, 1.82) is 0 Å². The average molecular weight is 196 g/mol. The minimum Gasteiger partial charge on any atom is -0.375 e. The molecule has 0 unspecified atom stereocenters. The second-order valence-electron chi connectivity index (χ2n) is 4.34. The van der Waals surface area contributed by atoms with Crippen molar-refractivity contribution in [3.05, 3.63) is 12.2 Å². The fraction of sp³-hybridized carbons (Fsp3) is 0.750. The van der Waals surface area contributed by atoms with Crippen LogP contribution in [-0.2, 0) is 9.53 Å². The Balaban J connectivity index is 2.23. The second kappa shape index (κ2) is 5.30. The molecule has 1 saturated heterocycles. The van der Waals surface area contributed by atoms with Gasteiger partial charge in [0.05, 0.1) is 12.2 Å². The highest BCUT2D eigenvalue weighted by atomic mass is 16.5. The SMILES string of the molecule is CC(C)C(=O)/C=C\C[C@@H]1CC[C@H](C)O1. The smallest absolute Gasteiger partial charge is 0.157 e. The number of carbonyl (C=O) groups excluding carboxylic acids is 1. The first-order valence-electron chi connectivity index (χ1n) is 5.45. The molecule has 80 valence electrons. The summed E-state index contributed by atoms with van der Waals surface area (Å²) in [5.41, 5.74) is 0. The summed E-state index contributed by atoms with van der Waals surface area (Å²) < 4.78 is 5.64. The van der Waals surface area contributed by atoms with Crippen LogP contribution in [0.15, 0.2) is 12.2 Å². The second-order valence-corrected chi connectivity index (χ2v) is 4.34. The summed E-state index contributed by atoms with van der Waals surface area (Å²) in [6.07, 6.45) is 7.53. The first-order chi connectivity index (χ1) is 6.59. The molecule has 1 rings (SSSR count). The molecule has 0 aliphatic carbocycles. The predicted molar refractivity (Wildman–Crippen MR) is 57.2 cm³/mol. The van der Waals surface area contributed by atoms with E-state index in [1.165, 1.54) is 0 Å².